The topological polar surface area (TPSA) is 43.4 Å². The Balaban J connectivity index is 0.00000205. The Morgan fingerprint density at radius 3 is 2.86 bits per heavy atom. The van der Waals surface area contributed by atoms with Crippen LogP contribution in [0.4, 0.5) is 0 Å². The van der Waals surface area contributed by atoms with Crippen LogP contribution in [0.2, 0.25) is 0 Å². The highest BCUT2D eigenvalue weighted by Gasteiger charge is 2.48. The van der Waals surface area contributed by atoms with Crippen LogP contribution in [0, 0.1) is 0 Å². The molecule has 0 bridgehead atoms. The van der Waals surface area contributed by atoms with Gasteiger partial charge in [-0.25, -0.2) is 0 Å². The molecule has 1 saturated carbocycles. The molecule has 2 aromatic heterocycles. The van der Waals surface area contributed by atoms with Gasteiger partial charge in [-0.05, 0) is 56.2 Å². The molecular weight excluding hydrogens is 404 g/mol. The standard InChI is InChI=1S/C23H30N2O2S.ClH/c1-4-11-25-20(5-1)22(10-14-27-23(17-22)7-2-3-8-23)9-12-24-15-19-21-18(16-28-19)6-13-26-21;/h1,4-5,11,16,24H,2-3,6-10,12-15,17H2;1H. The van der Waals surface area contributed by atoms with E-state index in [2.05, 4.69) is 22.8 Å². The van der Waals surface area contributed by atoms with Crippen LogP contribution in [0.1, 0.15) is 61.1 Å². The fourth-order valence-electron chi connectivity index (χ4n) is 5.48. The van der Waals surface area contributed by atoms with Gasteiger partial charge in [0, 0.05) is 42.4 Å². The number of fused-ring (bicyclic) bond motifs is 1. The fraction of sp³-hybridized carbons (Fsp3) is 0.609. The summed E-state index contributed by atoms with van der Waals surface area (Å²) < 4.78 is 12.2. The lowest BCUT2D eigenvalue weighted by molar-refractivity contribution is -0.104. The van der Waals surface area contributed by atoms with Crippen molar-refractivity contribution in [3.63, 3.8) is 0 Å². The number of pyridine rings is 1. The van der Waals surface area contributed by atoms with Crippen molar-refractivity contribution in [3.05, 3.63) is 45.9 Å². The summed E-state index contributed by atoms with van der Waals surface area (Å²) in [6, 6.07) is 6.39. The van der Waals surface area contributed by atoms with Crippen LogP contribution in [0.5, 0.6) is 5.75 Å². The molecule has 2 aliphatic heterocycles. The Bertz CT molecular complexity index is 806. The second-order valence-electron chi connectivity index (χ2n) is 8.70. The van der Waals surface area contributed by atoms with Gasteiger partial charge in [-0.3, -0.25) is 4.98 Å². The van der Waals surface area contributed by atoms with Crippen molar-refractivity contribution in [3.8, 4) is 5.75 Å². The Kier molecular flexibility index (Phi) is 6.50. The van der Waals surface area contributed by atoms with Gasteiger partial charge in [-0.15, -0.1) is 23.7 Å². The normalized spacial score (nSPS) is 24.8. The first-order valence-electron chi connectivity index (χ1n) is 10.8. The predicted molar refractivity (Wildman–Crippen MR) is 119 cm³/mol. The number of hydrogen-bond acceptors (Lipinski definition) is 5. The minimum atomic E-state index is 0. The summed E-state index contributed by atoms with van der Waals surface area (Å²) in [5, 5.41) is 5.96. The molecule has 0 aromatic carbocycles. The predicted octanol–water partition coefficient (Wildman–Crippen LogP) is 5.04. The zero-order valence-electron chi connectivity index (χ0n) is 17.0. The van der Waals surface area contributed by atoms with Crippen molar-refractivity contribution in [2.24, 2.45) is 0 Å². The van der Waals surface area contributed by atoms with E-state index in [1.807, 2.05) is 23.6 Å². The van der Waals surface area contributed by atoms with Crippen LogP contribution in [0.25, 0.3) is 0 Å². The molecule has 2 fully saturated rings. The summed E-state index contributed by atoms with van der Waals surface area (Å²) in [5.41, 5.74) is 2.87. The van der Waals surface area contributed by atoms with Crippen LogP contribution in [-0.2, 0) is 23.1 Å². The summed E-state index contributed by atoms with van der Waals surface area (Å²) in [4.78, 5) is 6.15. The van der Waals surface area contributed by atoms with E-state index in [9.17, 15) is 0 Å². The van der Waals surface area contributed by atoms with Gasteiger partial charge in [0.05, 0.1) is 17.1 Å². The molecule has 1 spiro atoms. The molecule has 0 radical (unpaired) electrons. The lowest BCUT2D eigenvalue weighted by Crippen LogP contribution is -2.47. The molecule has 4 nitrogen and oxygen atoms in total. The van der Waals surface area contributed by atoms with Gasteiger partial charge >= 0.3 is 0 Å². The van der Waals surface area contributed by atoms with E-state index >= 15 is 0 Å². The highest BCUT2D eigenvalue weighted by Crippen LogP contribution is 2.49. The lowest BCUT2D eigenvalue weighted by Gasteiger charge is -2.46. The fourth-order valence-corrected chi connectivity index (χ4v) is 6.48. The Hall–Kier alpha value is -1.14. The van der Waals surface area contributed by atoms with Gasteiger partial charge in [0.15, 0.2) is 0 Å². The van der Waals surface area contributed by atoms with Crippen molar-refractivity contribution < 1.29 is 9.47 Å². The first-order chi connectivity index (χ1) is 13.8. The van der Waals surface area contributed by atoms with Crippen molar-refractivity contribution in [1.29, 1.82) is 0 Å². The number of rotatable bonds is 6. The molecule has 1 unspecified atom stereocenters. The van der Waals surface area contributed by atoms with Crippen molar-refractivity contribution in [2.45, 2.75) is 68.9 Å². The summed E-state index contributed by atoms with van der Waals surface area (Å²) >= 11 is 1.83. The van der Waals surface area contributed by atoms with Crippen LogP contribution >= 0.6 is 23.7 Å². The van der Waals surface area contributed by atoms with Crippen molar-refractivity contribution in [2.75, 3.05) is 19.8 Å². The largest absolute Gasteiger partial charge is 0.492 e. The minimum absolute atomic E-state index is 0. The maximum absolute atomic E-state index is 6.36. The number of nitrogens with zero attached hydrogens (tertiary/aromatic N) is 1. The van der Waals surface area contributed by atoms with E-state index in [-0.39, 0.29) is 23.4 Å². The van der Waals surface area contributed by atoms with Gasteiger partial charge < -0.3 is 14.8 Å². The average Bonchev–Trinajstić information content (AvgIpc) is 3.45. The number of hydrogen-bond donors (Lipinski definition) is 1. The van der Waals surface area contributed by atoms with Crippen LogP contribution in [0.3, 0.4) is 0 Å². The first-order valence-corrected chi connectivity index (χ1v) is 11.6. The summed E-state index contributed by atoms with van der Waals surface area (Å²) in [5.74, 6) is 1.15. The molecule has 29 heavy (non-hydrogen) atoms. The summed E-state index contributed by atoms with van der Waals surface area (Å²) in [6.45, 7) is 3.61. The molecule has 2 aromatic rings. The highest BCUT2D eigenvalue weighted by molar-refractivity contribution is 7.10. The molecule has 158 valence electrons. The van der Waals surface area contributed by atoms with Gasteiger partial charge in [0.2, 0.25) is 0 Å². The number of nitrogens with one attached hydrogen (secondary N) is 1. The number of ether oxygens (including phenoxy) is 2. The van der Waals surface area contributed by atoms with Gasteiger partial charge in [-0.2, -0.15) is 0 Å². The van der Waals surface area contributed by atoms with E-state index in [0.717, 1.165) is 57.7 Å². The second kappa shape index (κ2) is 8.93. The third kappa shape index (κ3) is 4.20. The molecule has 1 saturated heterocycles. The van der Waals surface area contributed by atoms with E-state index < -0.39 is 0 Å². The maximum Gasteiger partial charge on any atom is 0.137 e. The number of thiophene rings is 1. The molecule has 4 heterocycles. The highest BCUT2D eigenvalue weighted by atomic mass is 35.5. The molecule has 1 aliphatic carbocycles. The Morgan fingerprint density at radius 1 is 1.14 bits per heavy atom. The summed E-state index contributed by atoms with van der Waals surface area (Å²) in [7, 11) is 0. The molecule has 6 heteroatoms. The quantitative estimate of drug-likeness (QED) is 0.646. The van der Waals surface area contributed by atoms with Crippen LogP contribution < -0.4 is 10.1 Å². The van der Waals surface area contributed by atoms with E-state index in [1.54, 1.807) is 0 Å². The first kappa shape index (κ1) is 21.1. The van der Waals surface area contributed by atoms with Crippen molar-refractivity contribution >= 4 is 23.7 Å². The zero-order chi connectivity index (χ0) is 18.9. The van der Waals surface area contributed by atoms with Crippen molar-refractivity contribution in [1.82, 2.24) is 10.3 Å². The SMILES string of the molecule is Cl.c1ccc(C2(CCNCc3scc4c3OCC4)CCOC3(CCCC3)C2)nc1. The van der Waals surface area contributed by atoms with E-state index in [4.69, 9.17) is 14.5 Å². The number of halogens is 1. The Labute approximate surface area is 183 Å². The second-order valence-corrected chi connectivity index (χ2v) is 9.66. The molecule has 1 N–H and O–H groups in total. The lowest BCUT2D eigenvalue weighted by atomic mass is 9.68. The van der Waals surface area contributed by atoms with E-state index in [1.165, 1.54) is 41.8 Å². The monoisotopic (exact) mass is 434 g/mol. The molecule has 3 aliphatic rings. The number of aromatic nitrogens is 1. The average molecular weight is 435 g/mol. The maximum atomic E-state index is 6.36. The Morgan fingerprint density at radius 2 is 2.03 bits per heavy atom. The molecule has 1 atom stereocenters. The van der Waals surface area contributed by atoms with Crippen LogP contribution in [0.15, 0.2) is 29.8 Å². The van der Waals surface area contributed by atoms with Gasteiger partial charge in [0.25, 0.3) is 0 Å². The van der Waals surface area contributed by atoms with E-state index in [0.29, 0.717) is 0 Å². The van der Waals surface area contributed by atoms with Crippen LogP contribution in [-0.4, -0.2) is 30.3 Å². The molecule has 5 rings (SSSR count). The summed E-state index contributed by atoms with van der Waals surface area (Å²) in [6.07, 6.45) is 11.4. The molecular formula is C23H31ClN2O2S. The minimum Gasteiger partial charge on any atom is -0.492 e. The molecule has 0 amide bonds. The third-order valence-electron chi connectivity index (χ3n) is 6.94. The zero-order valence-corrected chi connectivity index (χ0v) is 18.6. The third-order valence-corrected chi connectivity index (χ3v) is 7.96. The smallest absolute Gasteiger partial charge is 0.137 e. The van der Waals surface area contributed by atoms with Gasteiger partial charge in [-0.1, -0.05) is 18.9 Å². The van der Waals surface area contributed by atoms with Gasteiger partial charge in [0.1, 0.15) is 5.75 Å².